The molecule has 0 saturated carbocycles. The molecule has 0 aromatic carbocycles. The number of hydrogen-bond acceptors (Lipinski definition) is 4. The van der Waals surface area contributed by atoms with Crippen LogP contribution in [0.3, 0.4) is 0 Å². The Kier molecular flexibility index (Phi) is 8.25. The van der Waals surface area contributed by atoms with Crippen molar-refractivity contribution in [1.29, 1.82) is 0 Å². The molecule has 0 aromatic heterocycles. The molecule has 0 N–H and O–H groups in total. The van der Waals surface area contributed by atoms with E-state index >= 15 is 0 Å². The highest BCUT2D eigenvalue weighted by molar-refractivity contribution is 8.00. The minimum absolute atomic E-state index is 0.304. The summed E-state index contributed by atoms with van der Waals surface area (Å²) in [5.74, 6) is 3.74. The SMILES string of the molecule is CC(CCS)CCSCCS(C)(=O)=O. The van der Waals surface area contributed by atoms with Crippen LogP contribution in [0.15, 0.2) is 0 Å². The molecule has 0 spiro atoms. The summed E-state index contributed by atoms with van der Waals surface area (Å²) in [6, 6.07) is 0. The lowest BCUT2D eigenvalue weighted by molar-refractivity contribution is 0.554. The third-order valence-corrected chi connectivity index (χ3v) is 4.45. The highest BCUT2D eigenvalue weighted by Gasteiger charge is 2.03. The van der Waals surface area contributed by atoms with Crippen LogP contribution in [0.1, 0.15) is 19.8 Å². The van der Waals surface area contributed by atoms with E-state index < -0.39 is 9.84 Å². The van der Waals surface area contributed by atoms with E-state index in [1.165, 1.54) is 6.26 Å². The van der Waals surface area contributed by atoms with Gasteiger partial charge >= 0.3 is 0 Å². The Bertz CT molecular complexity index is 224. The second-order valence-corrected chi connectivity index (χ2v) is 7.58. The van der Waals surface area contributed by atoms with Gasteiger partial charge in [0.15, 0.2) is 0 Å². The fourth-order valence-corrected chi connectivity index (χ4v) is 3.86. The van der Waals surface area contributed by atoms with Crippen molar-refractivity contribution in [2.24, 2.45) is 5.92 Å². The Morgan fingerprint density at radius 2 is 1.93 bits per heavy atom. The van der Waals surface area contributed by atoms with Gasteiger partial charge in [-0.3, -0.25) is 0 Å². The molecule has 0 aromatic rings. The smallest absolute Gasteiger partial charge is 0.148 e. The molecule has 0 rings (SSSR count). The quantitative estimate of drug-likeness (QED) is 0.533. The van der Waals surface area contributed by atoms with E-state index in [-0.39, 0.29) is 0 Å². The normalized spacial score (nSPS) is 14.2. The first-order valence-electron chi connectivity index (χ1n) is 4.82. The number of hydrogen-bond donors (Lipinski definition) is 1. The van der Waals surface area contributed by atoms with Crippen LogP contribution in [0.5, 0.6) is 0 Å². The predicted molar refractivity (Wildman–Crippen MR) is 69.3 cm³/mol. The first-order valence-corrected chi connectivity index (χ1v) is 8.67. The van der Waals surface area contributed by atoms with Crippen LogP contribution in [0.25, 0.3) is 0 Å². The van der Waals surface area contributed by atoms with Gasteiger partial charge < -0.3 is 0 Å². The van der Waals surface area contributed by atoms with E-state index in [1.54, 1.807) is 11.8 Å². The molecule has 0 radical (unpaired) electrons. The molecule has 1 atom stereocenters. The summed E-state index contributed by atoms with van der Waals surface area (Å²) in [6.45, 7) is 2.22. The molecule has 0 saturated heterocycles. The lowest BCUT2D eigenvalue weighted by Crippen LogP contribution is -2.06. The van der Waals surface area contributed by atoms with Crippen LogP contribution in [-0.4, -0.2) is 37.7 Å². The second-order valence-electron chi connectivity index (χ2n) is 3.65. The summed E-state index contributed by atoms with van der Waals surface area (Å²) in [5.41, 5.74) is 0. The predicted octanol–water partition coefficient (Wildman–Crippen LogP) is 2.11. The van der Waals surface area contributed by atoms with Crippen molar-refractivity contribution in [3.8, 4) is 0 Å². The zero-order valence-electron chi connectivity index (χ0n) is 8.90. The van der Waals surface area contributed by atoms with Crippen LogP contribution < -0.4 is 0 Å². The molecule has 0 amide bonds. The standard InChI is InChI=1S/C9H20O2S3/c1-9(3-5-12)4-6-13-7-8-14(2,10)11/h9,12H,3-8H2,1-2H3. The van der Waals surface area contributed by atoms with E-state index in [4.69, 9.17) is 0 Å². The van der Waals surface area contributed by atoms with Crippen molar-refractivity contribution >= 4 is 34.2 Å². The van der Waals surface area contributed by atoms with Gasteiger partial charge in [-0.2, -0.15) is 24.4 Å². The average Bonchev–Trinajstić information content (AvgIpc) is 2.02. The Hall–Kier alpha value is 0.650. The fourth-order valence-electron chi connectivity index (χ4n) is 0.962. The molecule has 0 heterocycles. The van der Waals surface area contributed by atoms with Crippen molar-refractivity contribution in [2.45, 2.75) is 19.8 Å². The van der Waals surface area contributed by atoms with Gasteiger partial charge in [0.2, 0.25) is 0 Å². The second kappa shape index (κ2) is 7.88. The summed E-state index contributed by atoms with van der Waals surface area (Å²) in [4.78, 5) is 0. The monoisotopic (exact) mass is 256 g/mol. The van der Waals surface area contributed by atoms with Crippen molar-refractivity contribution in [2.75, 3.05) is 29.3 Å². The molecule has 14 heavy (non-hydrogen) atoms. The maximum atomic E-state index is 10.8. The molecule has 0 aliphatic rings. The summed E-state index contributed by atoms with van der Waals surface area (Å²) >= 11 is 5.91. The third-order valence-electron chi connectivity index (χ3n) is 1.98. The summed E-state index contributed by atoms with van der Waals surface area (Å²) < 4.78 is 21.6. The van der Waals surface area contributed by atoms with Gasteiger partial charge in [-0.05, 0) is 30.3 Å². The Labute approximate surface area is 97.6 Å². The van der Waals surface area contributed by atoms with Crippen LogP contribution in [-0.2, 0) is 9.84 Å². The average molecular weight is 256 g/mol. The maximum Gasteiger partial charge on any atom is 0.148 e. The van der Waals surface area contributed by atoms with Gasteiger partial charge in [-0.15, -0.1) is 0 Å². The van der Waals surface area contributed by atoms with Crippen LogP contribution in [0.4, 0.5) is 0 Å². The molecule has 0 fully saturated rings. The Morgan fingerprint density at radius 1 is 1.29 bits per heavy atom. The molecule has 0 bridgehead atoms. The van der Waals surface area contributed by atoms with E-state index in [1.807, 2.05) is 0 Å². The minimum Gasteiger partial charge on any atom is -0.229 e. The van der Waals surface area contributed by atoms with E-state index in [0.29, 0.717) is 11.7 Å². The van der Waals surface area contributed by atoms with Gasteiger partial charge in [-0.25, -0.2) is 8.42 Å². The molecule has 2 nitrogen and oxygen atoms in total. The molecular weight excluding hydrogens is 236 g/mol. The number of thiol groups is 1. The van der Waals surface area contributed by atoms with Crippen molar-refractivity contribution in [3.63, 3.8) is 0 Å². The zero-order valence-corrected chi connectivity index (χ0v) is 11.4. The number of thioether (sulfide) groups is 1. The molecule has 5 heteroatoms. The van der Waals surface area contributed by atoms with Crippen molar-refractivity contribution in [3.05, 3.63) is 0 Å². The first kappa shape index (κ1) is 14.6. The third kappa shape index (κ3) is 10.7. The topological polar surface area (TPSA) is 34.1 Å². The molecule has 0 aliphatic carbocycles. The number of sulfone groups is 1. The molecule has 1 unspecified atom stereocenters. The fraction of sp³-hybridized carbons (Fsp3) is 1.00. The van der Waals surface area contributed by atoms with Gasteiger partial charge in [0.25, 0.3) is 0 Å². The van der Waals surface area contributed by atoms with E-state index in [0.717, 1.165) is 30.1 Å². The van der Waals surface area contributed by atoms with Gasteiger partial charge in [0.05, 0.1) is 5.75 Å². The maximum absolute atomic E-state index is 10.8. The van der Waals surface area contributed by atoms with Crippen LogP contribution in [0, 0.1) is 5.92 Å². The van der Waals surface area contributed by atoms with Gasteiger partial charge in [0.1, 0.15) is 9.84 Å². The largest absolute Gasteiger partial charge is 0.229 e. The highest BCUT2D eigenvalue weighted by Crippen LogP contribution is 2.13. The first-order chi connectivity index (χ1) is 6.45. The summed E-state index contributed by atoms with van der Waals surface area (Å²) in [7, 11) is -2.77. The van der Waals surface area contributed by atoms with Crippen LogP contribution >= 0.6 is 24.4 Å². The van der Waals surface area contributed by atoms with Crippen molar-refractivity contribution < 1.29 is 8.42 Å². The molecular formula is C9H20O2S3. The Balaban J connectivity index is 3.30. The van der Waals surface area contributed by atoms with Crippen molar-refractivity contribution in [1.82, 2.24) is 0 Å². The molecule has 0 aliphatic heterocycles. The molecule has 86 valence electrons. The minimum atomic E-state index is -2.77. The van der Waals surface area contributed by atoms with Crippen LogP contribution in [0.2, 0.25) is 0 Å². The van der Waals surface area contributed by atoms with Gasteiger partial charge in [-0.1, -0.05) is 6.92 Å². The van der Waals surface area contributed by atoms with E-state index in [2.05, 4.69) is 19.6 Å². The lowest BCUT2D eigenvalue weighted by atomic mass is 10.1. The Morgan fingerprint density at radius 3 is 2.43 bits per heavy atom. The highest BCUT2D eigenvalue weighted by atomic mass is 32.2. The summed E-state index contributed by atoms with van der Waals surface area (Å²) in [6.07, 6.45) is 3.60. The lowest BCUT2D eigenvalue weighted by Gasteiger charge is -2.08. The summed E-state index contributed by atoms with van der Waals surface area (Å²) in [5, 5.41) is 0. The van der Waals surface area contributed by atoms with Gasteiger partial charge in [0, 0.05) is 12.0 Å². The van der Waals surface area contributed by atoms with E-state index in [9.17, 15) is 8.42 Å². The zero-order chi connectivity index (χ0) is 11.0. The number of rotatable bonds is 8.